The van der Waals surface area contributed by atoms with E-state index in [1.165, 1.54) is 12.8 Å². The van der Waals surface area contributed by atoms with Crippen LogP contribution in [0.1, 0.15) is 33.6 Å². The molecule has 0 aliphatic heterocycles. The molecule has 1 atom stereocenters. The fourth-order valence-electron chi connectivity index (χ4n) is 1.69. The molecule has 1 aromatic rings. The van der Waals surface area contributed by atoms with Crippen LogP contribution in [0.25, 0.3) is 0 Å². The molecule has 0 saturated heterocycles. The zero-order valence-corrected chi connectivity index (χ0v) is 11.7. The van der Waals surface area contributed by atoms with E-state index in [4.69, 9.17) is 9.47 Å². The smallest absolute Gasteiger partial charge is 0.123 e. The van der Waals surface area contributed by atoms with E-state index in [1.54, 1.807) is 0 Å². The minimum atomic E-state index is 0.165. The Morgan fingerprint density at radius 1 is 1.22 bits per heavy atom. The molecule has 0 aliphatic rings. The lowest BCUT2D eigenvalue weighted by Gasteiger charge is -2.16. The van der Waals surface area contributed by atoms with Crippen LogP contribution in [0.15, 0.2) is 24.3 Å². The Morgan fingerprint density at radius 3 is 2.72 bits per heavy atom. The average molecular weight is 251 g/mol. The normalized spacial score (nSPS) is 12.2. The third-order valence-electron chi connectivity index (χ3n) is 2.59. The van der Waals surface area contributed by atoms with Gasteiger partial charge in [-0.3, -0.25) is 0 Å². The highest BCUT2D eigenvalue weighted by Gasteiger charge is 2.04. The molecule has 18 heavy (non-hydrogen) atoms. The molecular formula is C15H25NO2. The van der Waals surface area contributed by atoms with Crippen LogP contribution in [0.3, 0.4) is 0 Å². The van der Waals surface area contributed by atoms with Gasteiger partial charge in [-0.05, 0) is 38.9 Å². The van der Waals surface area contributed by atoms with Gasteiger partial charge in [0, 0.05) is 12.6 Å². The minimum Gasteiger partial charge on any atom is -0.494 e. The van der Waals surface area contributed by atoms with E-state index in [2.05, 4.69) is 19.2 Å². The van der Waals surface area contributed by atoms with E-state index in [1.807, 2.05) is 31.2 Å². The Kier molecular flexibility index (Phi) is 7.26. The lowest BCUT2D eigenvalue weighted by Crippen LogP contribution is -2.29. The summed E-state index contributed by atoms with van der Waals surface area (Å²) in [7, 11) is 0. The molecule has 0 fully saturated rings. The van der Waals surface area contributed by atoms with Crippen LogP contribution in [-0.4, -0.2) is 25.8 Å². The monoisotopic (exact) mass is 251 g/mol. The second-order valence-electron chi connectivity index (χ2n) is 4.39. The molecule has 0 spiro atoms. The van der Waals surface area contributed by atoms with Crippen LogP contribution in [0.2, 0.25) is 0 Å². The van der Waals surface area contributed by atoms with E-state index < -0.39 is 0 Å². The van der Waals surface area contributed by atoms with E-state index in [0.29, 0.717) is 6.61 Å². The zero-order valence-electron chi connectivity index (χ0n) is 11.7. The van der Waals surface area contributed by atoms with Crippen molar-refractivity contribution >= 4 is 0 Å². The summed E-state index contributed by atoms with van der Waals surface area (Å²) in [6.45, 7) is 8.86. The van der Waals surface area contributed by atoms with Crippen LogP contribution in [-0.2, 0) is 0 Å². The fraction of sp³-hybridized carbons (Fsp3) is 0.600. The third kappa shape index (κ3) is 5.92. The molecule has 0 aromatic heterocycles. The first-order chi connectivity index (χ1) is 8.76. The summed E-state index contributed by atoms with van der Waals surface area (Å²) >= 11 is 0. The molecule has 0 amide bonds. The molecule has 0 heterocycles. The van der Waals surface area contributed by atoms with Crippen molar-refractivity contribution in [1.82, 2.24) is 5.32 Å². The van der Waals surface area contributed by atoms with Crippen LogP contribution in [0, 0.1) is 0 Å². The second kappa shape index (κ2) is 8.81. The molecular weight excluding hydrogens is 226 g/mol. The average Bonchev–Trinajstić information content (AvgIpc) is 2.35. The summed E-state index contributed by atoms with van der Waals surface area (Å²) in [4.78, 5) is 0. The Bertz CT molecular complexity index is 328. The number of ether oxygens (including phenoxy) is 2. The van der Waals surface area contributed by atoms with Crippen molar-refractivity contribution < 1.29 is 9.47 Å². The molecule has 3 nitrogen and oxygen atoms in total. The maximum absolute atomic E-state index is 5.84. The Balaban J connectivity index is 2.34. The summed E-state index contributed by atoms with van der Waals surface area (Å²) in [5.74, 6) is 1.73. The van der Waals surface area contributed by atoms with Crippen LogP contribution in [0.5, 0.6) is 11.5 Å². The Morgan fingerprint density at radius 2 is 2.00 bits per heavy atom. The summed E-state index contributed by atoms with van der Waals surface area (Å²) in [5.41, 5.74) is 0. The van der Waals surface area contributed by atoms with Gasteiger partial charge < -0.3 is 14.8 Å². The van der Waals surface area contributed by atoms with Gasteiger partial charge in [-0.15, -0.1) is 0 Å². The Hall–Kier alpha value is -1.22. The van der Waals surface area contributed by atoms with Crippen molar-refractivity contribution in [3.63, 3.8) is 0 Å². The number of rotatable bonds is 9. The summed E-state index contributed by atoms with van der Waals surface area (Å²) in [5, 5.41) is 3.39. The van der Waals surface area contributed by atoms with E-state index in [0.717, 1.165) is 24.6 Å². The fourth-order valence-corrected chi connectivity index (χ4v) is 1.69. The zero-order chi connectivity index (χ0) is 13.2. The summed E-state index contributed by atoms with van der Waals surface area (Å²) < 4.78 is 11.3. The molecule has 3 heteroatoms. The standard InChI is InChI=1S/C15H25NO2/c1-4-6-10-16-12-13(3)18-15-9-7-8-14(11-15)17-5-2/h7-9,11,13,16H,4-6,10,12H2,1-3H3. The Labute approximate surface area is 110 Å². The van der Waals surface area contributed by atoms with Crippen LogP contribution >= 0.6 is 0 Å². The molecule has 1 aromatic carbocycles. The summed E-state index contributed by atoms with van der Waals surface area (Å²) in [6, 6.07) is 7.80. The van der Waals surface area contributed by atoms with Crippen molar-refractivity contribution in [2.45, 2.75) is 39.7 Å². The van der Waals surface area contributed by atoms with Gasteiger partial charge in [-0.25, -0.2) is 0 Å². The topological polar surface area (TPSA) is 30.5 Å². The van der Waals surface area contributed by atoms with Crippen molar-refractivity contribution in [3.8, 4) is 11.5 Å². The van der Waals surface area contributed by atoms with Crippen molar-refractivity contribution in [1.29, 1.82) is 0 Å². The van der Waals surface area contributed by atoms with Gasteiger partial charge in [0.15, 0.2) is 0 Å². The molecule has 102 valence electrons. The molecule has 0 saturated carbocycles. The highest BCUT2D eigenvalue weighted by atomic mass is 16.5. The first kappa shape index (κ1) is 14.8. The van der Waals surface area contributed by atoms with E-state index >= 15 is 0 Å². The predicted octanol–water partition coefficient (Wildman–Crippen LogP) is 3.24. The lowest BCUT2D eigenvalue weighted by molar-refractivity contribution is 0.216. The quantitative estimate of drug-likeness (QED) is 0.683. The van der Waals surface area contributed by atoms with Crippen LogP contribution < -0.4 is 14.8 Å². The van der Waals surface area contributed by atoms with E-state index in [9.17, 15) is 0 Å². The molecule has 0 bridgehead atoms. The number of benzene rings is 1. The first-order valence-corrected chi connectivity index (χ1v) is 6.86. The molecule has 1 unspecified atom stereocenters. The van der Waals surface area contributed by atoms with Gasteiger partial charge in [0.25, 0.3) is 0 Å². The molecule has 0 radical (unpaired) electrons. The van der Waals surface area contributed by atoms with E-state index in [-0.39, 0.29) is 6.10 Å². The molecule has 0 aliphatic carbocycles. The largest absolute Gasteiger partial charge is 0.494 e. The van der Waals surface area contributed by atoms with Gasteiger partial charge in [0.05, 0.1) is 6.61 Å². The van der Waals surface area contributed by atoms with Crippen LogP contribution in [0.4, 0.5) is 0 Å². The third-order valence-corrected chi connectivity index (χ3v) is 2.59. The van der Waals surface area contributed by atoms with Gasteiger partial charge in [0.1, 0.15) is 17.6 Å². The first-order valence-electron chi connectivity index (χ1n) is 6.86. The maximum atomic E-state index is 5.84. The van der Waals surface area contributed by atoms with Gasteiger partial charge in [-0.1, -0.05) is 19.4 Å². The maximum Gasteiger partial charge on any atom is 0.123 e. The van der Waals surface area contributed by atoms with Crippen molar-refractivity contribution in [3.05, 3.63) is 24.3 Å². The molecule has 1 N–H and O–H groups in total. The van der Waals surface area contributed by atoms with Crippen molar-refractivity contribution in [2.75, 3.05) is 19.7 Å². The minimum absolute atomic E-state index is 0.165. The number of unbranched alkanes of at least 4 members (excludes halogenated alkanes) is 1. The van der Waals surface area contributed by atoms with Gasteiger partial charge in [0.2, 0.25) is 0 Å². The number of hydrogen-bond donors (Lipinski definition) is 1. The summed E-state index contributed by atoms with van der Waals surface area (Å²) in [6.07, 6.45) is 2.60. The van der Waals surface area contributed by atoms with Gasteiger partial charge in [-0.2, -0.15) is 0 Å². The molecule has 1 rings (SSSR count). The number of nitrogens with one attached hydrogen (secondary N) is 1. The number of hydrogen-bond acceptors (Lipinski definition) is 3. The van der Waals surface area contributed by atoms with Gasteiger partial charge >= 0.3 is 0 Å². The second-order valence-corrected chi connectivity index (χ2v) is 4.39. The predicted molar refractivity (Wildman–Crippen MR) is 75.5 cm³/mol. The SMILES string of the molecule is CCCCNCC(C)Oc1cccc(OCC)c1. The lowest BCUT2D eigenvalue weighted by atomic mass is 10.3. The highest BCUT2D eigenvalue weighted by molar-refractivity contribution is 5.33. The van der Waals surface area contributed by atoms with Crippen molar-refractivity contribution in [2.24, 2.45) is 0 Å². The highest BCUT2D eigenvalue weighted by Crippen LogP contribution is 2.20.